The maximum absolute atomic E-state index is 12.9. The maximum Gasteiger partial charge on any atom is 0.254 e. The number of nitrogens with one attached hydrogen (secondary N) is 1. The van der Waals surface area contributed by atoms with Gasteiger partial charge in [0.15, 0.2) is 0 Å². The molecule has 3 rings (SSSR count). The average Bonchev–Trinajstić information content (AvgIpc) is 2.70. The summed E-state index contributed by atoms with van der Waals surface area (Å²) in [6, 6.07) is 15.3. The average molecular weight is 395 g/mol. The van der Waals surface area contributed by atoms with E-state index in [1.165, 1.54) is 5.56 Å². The van der Waals surface area contributed by atoms with Crippen LogP contribution in [0.15, 0.2) is 48.5 Å². The minimum Gasteiger partial charge on any atom is -0.377 e. The Morgan fingerprint density at radius 3 is 2.31 bits per heavy atom. The first-order valence-electron chi connectivity index (χ1n) is 10.2. The lowest BCUT2D eigenvalue weighted by molar-refractivity contribution is -0.118. The number of nitrogens with zero attached hydrogens (tertiary/aromatic N) is 1. The van der Waals surface area contributed by atoms with Gasteiger partial charge in [-0.05, 0) is 49.6 Å². The number of carbonyl (C=O) groups is 2. The Morgan fingerprint density at radius 2 is 1.72 bits per heavy atom. The Hall–Kier alpha value is -2.66. The molecule has 5 heteroatoms. The molecule has 1 fully saturated rings. The third-order valence-electron chi connectivity index (χ3n) is 5.41. The summed E-state index contributed by atoms with van der Waals surface area (Å²) in [4.78, 5) is 27.5. The molecule has 2 aromatic carbocycles. The monoisotopic (exact) mass is 394 g/mol. The molecule has 154 valence electrons. The number of morpholine rings is 1. The molecule has 0 aromatic heterocycles. The summed E-state index contributed by atoms with van der Waals surface area (Å²) in [5.41, 5.74) is 3.50. The normalized spacial score (nSPS) is 17.8. The Labute approximate surface area is 173 Å². The second-order valence-corrected chi connectivity index (χ2v) is 8.12. The first-order valence-corrected chi connectivity index (χ1v) is 10.2. The van der Waals surface area contributed by atoms with Crippen LogP contribution in [0.3, 0.4) is 0 Å². The van der Waals surface area contributed by atoms with Crippen LogP contribution in [0.1, 0.15) is 48.2 Å². The minimum atomic E-state index is -0.230. The van der Waals surface area contributed by atoms with Crippen LogP contribution in [0.5, 0.6) is 0 Å². The molecule has 2 aromatic rings. The van der Waals surface area contributed by atoms with Gasteiger partial charge in [-0.3, -0.25) is 9.59 Å². The van der Waals surface area contributed by atoms with Crippen LogP contribution in [0, 0.1) is 12.8 Å². The van der Waals surface area contributed by atoms with Crippen molar-refractivity contribution in [3.8, 4) is 0 Å². The van der Waals surface area contributed by atoms with Crippen molar-refractivity contribution in [1.82, 2.24) is 4.90 Å². The van der Waals surface area contributed by atoms with E-state index >= 15 is 0 Å². The molecule has 29 heavy (non-hydrogen) atoms. The molecule has 0 aliphatic carbocycles. The summed E-state index contributed by atoms with van der Waals surface area (Å²) >= 11 is 0. The predicted octanol–water partition coefficient (Wildman–Crippen LogP) is 4.23. The molecule has 1 saturated heterocycles. The Kier molecular flexibility index (Phi) is 6.70. The Balaban J connectivity index is 1.70. The molecule has 1 aliphatic rings. The summed E-state index contributed by atoms with van der Waals surface area (Å²) in [5, 5.41) is 3.01. The molecular weight excluding hydrogens is 364 g/mol. The second-order valence-electron chi connectivity index (χ2n) is 8.12. The number of aryl methyl sites for hydroxylation is 1. The van der Waals surface area contributed by atoms with E-state index in [0.29, 0.717) is 31.0 Å². The van der Waals surface area contributed by atoms with Gasteiger partial charge < -0.3 is 15.0 Å². The number of rotatable bonds is 5. The molecule has 1 heterocycles. The standard InChI is InChI=1S/C24H30N2O3/c1-16(2)22(19-7-5-17(3)6-8-19)23(27)25-21-11-9-20(10-12-21)24(28)26-13-14-29-15-18(26)4/h5-12,16,18,22H,13-15H2,1-4H3,(H,25,27). The van der Waals surface area contributed by atoms with Crippen molar-refractivity contribution in [2.24, 2.45) is 5.92 Å². The number of ether oxygens (including phenoxy) is 1. The third-order valence-corrected chi connectivity index (χ3v) is 5.41. The van der Waals surface area contributed by atoms with Crippen LogP contribution in [-0.4, -0.2) is 42.5 Å². The van der Waals surface area contributed by atoms with E-state index in [-0.39, 0.29) is 29.7 Å². The lowest BCUT2D eigenvalue weighted by atomic mass is 9.87. The topological polar surface area (TPSA) is 58.6 Å². The number of carbonyl (C=O) groups excluding carboxylic acids is 2. The lowest BCUT2D eigenvalue weighted by Gasteiger charge is -2.33. The molecule has 2 atom stereocenters. The van der Waals surface area contributed by atoms with Crippen LogP contribution in [-0.2, 0) is 9.53 Å². The highest BCUT2D eigenvalue weighted by Gasteiger charge is 2.26. The van der Waals surface area contributed by atoms with E-state index in [2.05, 4.69) is 19.2 Å². The zero-order valence-corrected chi connectivity index (χ0v) is 17.6. The van der Waals surface area contributed by atoms with Gasteiger partial charge >= 0.3 is 0 Å². The van der Waals surface area contributed by atoms with Crippen molar-refractivity contribution in [3.63, 3.8) is 0 Å². The molecule has 5 nitrogen and oxygen atoms in total. The number of amides is 2. The SMILES string of the molecule is Cc1ccc(C(C(=O)Nc2ccc(C(=O)N3CCOCC3C)cc2)C(C)C)cc1. The molecular formula is C24H30N2O3. The molecule has 1 aliphatic heterocycles. The van der Waals surface area contributed by atoms with Gasteiger partial charge in [-0.15, -0.1) is 0 Å². The number of anilines is 1. The highest BCUT2D eigenvalue weighted by Crippen LogP contribution is 2.27. The molecule has 0 spiro atoms. The quantitative estimate of drug-likeness (QED) is 0.825. The zero-order chi connectivity index (χ0) is 21.0. The first-order chi connectivity index (χ1) is 13.9. The first kappa shape index (κ1) is 21.1. The Morgan fingerprint density at radius 1 is 1.07 bits per heavy atom. The van der Waals surface area contributed by atoms with Gasteiger partial charge in [0, 0.05) is 17.8 Å². The number of hydrogen-bond acceptors (Lipinski definition) is 3. The smallest absolute Gasteiger partial charge is 0.254 e. The second kappa shape index (κ2) is 9.23. The lowest BCUT2D eigenvalue weighted by Crippen LogP contribution is -2.47. The van der Waals surface area contributed by atoms with E-state index in [9.17, 15) is 9.59 Å². The molecule has 2 unspecified atom stereocenters. The summed E-state index contributed by atoms with van der Waals surface area (Å²) in [7, 11) is 0. The molecule has 0 bridgehead atoms. The van der Waals surface area contributed by atoms with Crippen molar-refractivity contribution in [2.75, 3.05) is 25.1 Å². The highest BCUT2D eigenvalue weighted by molar-refractivity contribution is 5.98. The summed E-state index contributed by atoms with van der Waals surface area (Å²) in [5.74, 6) is -0.101. The molecule has 1 N–H and O–H groups in total. The molecule has 0 radical (unpaired) electrons. The summed E-state index contributed by atoms with van der Waals surface area (Å²) in [6.45, 7) is 9.86. The van der Waals surface area contributed by atoms with Gasteiger partial charge in [-0.2, -0.15) is 0 Å². The number of benzene rings is 2. The van der Waals surface area contributed by atoms with Gasteiger partial charge in [0.25, 0.3) is 5.91 Å². The van der Waals surface area contributed by atoms with E-state index in [0.717, 1.165) is 5.56 Å². The fraction of sp³-hybridized carbons (Fsp3) is 0.417. The van der Waals surface area contributed by atoms with E-state index in [4.69, 9.17) is 4.74 Å². The third kappa shape index (κ3) is 5.04. The van der Waals surface area contributed by atoms with Crippen molar-refractivity contribution < 1.29 is 14.3 Å². The van der Waals surface area contributed by atoms with E-state index < -0.39 is 0 Å². The highest BCUT2D eigenvalue weighted by atomic mass is 16.5. The number of hydrogen-bond donors (Lipinski definition) is 1. The summed E-state index contributed by atoms with van der Waals surface area (Å²) < 4.78 is 5.40. The van der Waals surface area contributed by atoms with Crippen LogP contribution in [0.4, 0.5) is 5.69 Å². The fourth-order valence-corrected chi connectivity index (χ4v) is 3.72. The molecule has 0 saturated carbocycles. The summed E-state index contributed by atoms with van der Waals surface area (Å²) in [6.07, 6.45) is 0. The van der Waals surface area contributed by atoms with E-state index in [1.807, 2.05) is 43.0 Å². The van der Waals surface area contributed by atoms with Crippen molar-refractivity contribution >= 4 is 17.5 Å². The maximum atomic E-state index is 12.9. The van der Waals surface area contributed by atoms with Crippen LogP contribution < -0.4 is 5.32 Å². The van der Waals surface area contributed by atoms with Crippen LogP contribution in [0.25, 0.3) is 0 Å². The van der Waals surface area contributed by atoms with Crippen molar-refractivity contribution in [1.29, 1.82) is 0 Å². The fourth-order valence-electron chi connectivity index (χ4n) is 3.72. The van der Waals surface area contributed by atoms with Crippen LogP contribution in [0.2, 0.25) is 0 Å². The van der Waals surface area contributed by atoms with Crippen molar-refractivity contribution in [2.45, 2.75) is 39.7 Å². The largest absolute Gasteiger partial charge is 0.377 e. The van der Waals surface area contributed by atoms with Gasteiger partial charge in [0.1, 0.15) is 0 Å². The van der Waals surface area contributed by atoms with Gasteiger partial charge in [0.05, 0.1) is 25.2 Å². The van der Waals surface area contributed by atoms with E-state index in [1.54, 1.807) is 24.3 Å². The van der Waals surface area contributed by atoms with Gasteiger partial charge in [0.2, 0.25) is 5.91 Å². The van der Waals surface area contributed by atoms with Gasteiger partial charge in [-0.25, -0.2) is 0 Å². The van der Waals surface area contributed by atoms with Crippen molar-refractivity contribution in [3.05, 3.63) is 65.2 Å². The molecule has 2 amide bonds. The minimum absolute atomic E-state index is 0.00149. The predicted molar refractivity (Wildman–Crippen MR) is 115 cm³/mol. The zero-order valence-electron chi connectivity index (χ0n) is 17.6. The van der Waals surface area contributed by atoms with Gasteiger partial charge in [-0.1, -0.05) is 43.7 Å². The Bertz CT molecular complexity index is 843. The van der Waals surface area contributed by atoms with Crippen LogP contribution >= 0.6 is 0 Å².